The first-order chi connectivity index (χ1) is 8.70. The number of hydrogen-bond donors (Lipinski definition) is 2. The Hall–Kier alpha value is -1.61. The van der Waals surface area contributed by atoms with Crippen molar-refractivity contribution in [2.24, 2.45) is 5.84 Å². The van der Waals surface area contributed by atoms with Crippen LogP contribution in [0.2, 0.25) is 0 Å². The van der Waals surface area contributed by atoms with Crippen LogP contribution in [0.4, 0.5) is 0 Å². The highest BCUT2D eigenvalue weighted by Gasteiger charge is 2.11. The summed E-state index contributed by atoms with van der Waals surface area (Å²) in [7, 11) is 0. The van der Waals surface area contributed by atoms with Crippen LogP contribution in [0.3, 0.4) is 0 Å². The van der Waals surface area contributed by atoms with Crippen molar-refractivity contribution in [2.45, 2.75) is 6.61 Å². The smallest absolute Gasteiger partial charge is 0.287 e. The van der Waals surface area contributed by atoms with E-state index in [1.807, 2.05) is 29.7 Å². The molecular formula is C11H10IN3O3. The maximum absolute atomic E-state index is 11.2. The van der Waals surface area contributed by atoms with Crippen molar-refractivity contribution in [2.75, 3.05) is 0 Å². The van der Waals surface area contributed by atoms with Crippen LogP contribution in [0, 0.1) is 3.57 Å². The Kier molecular flexibility index (Phi) is 4.15. The molecule has 0 bridgehead atoms. The maximum atomic E-state index is 11.2. The molecule has 0 spiro atoms. The molecule has 6 nitrogen and oxygen atoms in total. The lowest BCUT2D eigenvalue weighted by Gasteiger charge is -2.04. The van der Waals surface area contributed by atoms with Crippen LogP contribution in [0.5, 0.6) is 5.75 Å². The van der Waals surface area contributed by atoms with Crippen molar-refractivity contribution in [1.82, 2.24) is 10.6 Å². The fraction of sp³-hybridized carbons (Fsp3) is 0.0909. The zero-order valence-electron chi connectivity index (χ0n) is 9.22. The third-order valence-electron chi connectivity index (χ3n) is 2.13. The monoisotopic (exact) mass is 359 g/mol. The van der Waals surface area contributed by atoms with E-state index in [-0.39, 0.29) is 12.3 Å². The molecule has 18 heavy (non-hydrogen) atoms. The lowest BCUT2D eigenvalue weighted by Crippen LogP contribution is -2.30. The van der Waals surface area contributed by atoms with Gasteiger partial charge in [0.2, 0.25) is 0 Å². The second-order valence-corrected chi connectivity index (χ2v) is 4.53. The summed E-state index contributed by atoms with van der Waals surface area (Å²) >= 11 is 2.17. The van der Waals surface area contributed by atoms with Crippen molar-refractivity contribution < 1.29 is 14.1 Å². The van der Waals surface area contributed by atoms with Crippen LogP contribution >= 0.6 is 22.6 Å². The molecule has 2 aromatic rings. The first-order valence-electron chi connectivity index (χ1n) is 5.04. The van der Waals surface area contributed by atoms with Crippen LogP contribution in [0.15, 0.2) is 34.9 Å². The normalized spacial score (nSPS) is 10.1. The lowest BCUT2D eigenvalue weighted by molar-refractivity contribution is 0.0944. The molecule has 0 saturated heterocycles. The molecule has 2 rings (SSSR count). The third kappa shape index (κ3) is 2.99. The summed E-state index contributed by atoms with van der Waals surface area (Å²) < 4.78 is 11.5. The largest absolute Gasteiger partial charge is 0.484 e. The average Bonchev–Trinajstić information content (AvgIpc) is 2.86. The molecule has 0 aliphatic heterocycles. The van der Waals surface area contributed by atoms with Crippen molar-refractivity contribution in [3.8, 4) is 5.75 Å². The number of ether oxygens (including phenoxy) is 1. The van der Waals surface area contributed by atoms with Crippen LogP contribution in [-0.2, 0) is 6.61 Å². The number of nitrogen functional groups attached to an aromatic ring is 1. The summed E-state index contributed by atoms with van der Waals surface area (Å²) in [5.74, 6) is 5.69. The Labute approximate surface area is 117 Å². The molecule has 7 heteroatoms. The quantitative estimate of drug-likeness (QED) is 0.373. The van der Waals surface area contributed by atoms with E-state index < -0.39 is 5.91 Å². The lowest BCUT2D eigenvalue weighted by atomic mass is 10.3. The van der Waals surface area contributed by atoms with E-state index in [9.17, 15) is 4.79 Å². The highest BCUT2D eigenvalue weighted by molar-refractivity contribution is 14.1. The van der Waals surface area contributed by atoms with Gasteiger partial charge in [0.1, 0.15) is 12.4 Å². The zero-order chi connectivity index (χ0) is 13.0. The van der Waals surface area contributed by atoms with Gasteiger partial charge in [-0.2, -0.15) is 0 Å². The Bertz CT molecular complexity index is 556. The van der Waals surface area contributed by atoms with Crippen LogP contribution in [0.1, 0.15) is 16.2 Å². The fourth-order valence-corrected chi connectivity index (χ4v) is 1.82. The van der Waals surface area contributed by atoms with Gasteiger partial charge in [-0.3, -0.25) is 10.2 Å². The van der Waals surface area contributed by atoms with E-state index in [0.717, 1.165) is 9.32 Å². The van der Waals surface area contributed by atoms with Crippen LogP contribution in [0.25, 0.3) is 0 Å². The Morgan fingerprint density at radius 3 is 3.00 bits per heavy atom. The highest BCUT2D eigenvalue weighted by Crippen LogP contribution is 2.20. The third-order valence-corrected chi connectivity index (χ3v) is 3.02. The number of nitrogens with two attached hydrogens (primary N) is 1. The summed E-state index contributed by atoms with van der Waals surface area (Å²) in [6.45, 7) is 0.199. The second-order valence-electron chi connectivity index (χ2n) is 3.37. The van der Waals surface area contributed by atoms with Gasteiger partial charge in [-0.1, -0.05) is 17.3 Å². The molecule has 1 amide bonds. The number of para-hydroxylation sites is 1. The zero-order valence-corrected chi connectivity index (χ0v) is 11.4. The number of hydrazine groups is 1. The van der Waals surface area contributed by atoms with Crippen LogP contribution in [-0.4, -0.2) is 11.1 Å². The summed E-state index contributed by atoms with van der Waals surface area (Å²) in [5.41, 5.74) is 2.10. The van der Waals surface area contributed by atoms with Crippen molar-refractivity contribution >= 4 is 28.5 Å². The predicted molar refractivity (Wildman–Crippen MR) is 71.6 cm³/mol. The standard InChI is InChI=1S/C11H10IN3O3/c12-8-3-1-2-4-10(8)17-6-7-5-9(15-18-7)11(16)14-13/h1-5H,6,13H2,(H,14,16). The van der Waals surface area contributed by atoms with Crippen molar-refractivity contribution in [3.63, 3.8) is 0 Å². The van der Waals surface area contributed by atoms with Gasteiger partial charge in [-0.15, -0.1) is 0 Å². The average molecular weight is 359 g/mol. The number of rotatable bonds is 4. The maximum Gasteiger partial charge on any atom is 0.287 e. The Balaban J connectivity index is 2.01. The van der Waals surface area contributed by atoms with E-state index in [1.54, 1.807) is 0 Å². The van der Waals surface area contributed by atoms with E-state index in [0.29, 0.717) is 5.76 Å². The first kappa shape index (κ1) is 12.8. The molecule has 0 fully saturated rings. The van der Waals surface area contributed by atoms with E-state index in [1.165, 1.54) is 6.07 Å². The van der Waals surface area contributed by atoms with Gasteiger partial charge < -0.3 is 9.26 Å². The summed E-state index contributed by atoms with van der Waals surface area (Å²) in [6, 6.07) is 9.07. The van der Waals surface area contributed by atoms with Gasteiger partial charge in [0.05, 0.1) is 3.57 Å². The number of aromatic nitrogens is 1. The Morgan fingerprint density at radius 2 is 2.28 bits per heavy atom. The van der Waals surface area contributed by atoms with E-state index >= 15 is 0 Å². The first-order valence-corrected chi connectivity index (χ1v) is 6.12. The molecular weight excluding hydrogens is 349 g/mol. The summed E-state index contributed by atoms with van der Waals surface area (Å²) in [5, 5.41) is 3.57. The van der Waals surface area contributed by atoms with Gasteiger partial charge >= 0.3 is 0 Å². The fourth-order valence-electron chi connectivity index (χ4n) is 1.27. The van der Waals surface area contributed by atoms with Gasteiger partial charge in [0.15, 0.2) is 11.5 Å². The van der Waals surface area contributed by atoms with Gasteiger partial charge in [-0.05, 0) is 34.7 Å². The van der Waals surface area contributed by atoms with E-state index in [2.05, 4.69) is 27.7 Å². The van der Waals surface area contributed by atoms with Gasteiger partial charge in [0, 0.05) is 6.07 Å². The molecule has 0 atom stereocenters. The molecule has 3 N–H and O–H groups in total. The minimum Gasteiger partial charge on any atom is -0.484 e. The minimum atomic E-state index is -0.501. The van der Waals surface area contributed by atoms with Crippen molar-refractivity contribution in [1.29, 1.82) is 0 Å². The Morgan fingerprint density at radius 1 is 1.50 bits per heavy atom. The molecule has 1 aromatic heterocycles. The molecule has 0 aliphatic rings. The second kappa shape index (κ2) is 5.83. The number of benzene rings is 1. The minimum absolute atomic E-state index is 0.124. The molecule has 0 saturated carbocycles. The topological polar surface area (TPSA) is 90.4 Å². The summed E-state index contributed by atoms with van der Waals surface area (Å²) in [6.07, 6.45) is 0. The molecule has 1 heterocycles. The molecule has 94 valence electrons. The molecule has 0 unspecified atom stereocenters. The number of nitrogens with one attached hydrogen (secondary N) is 1. The van der Waals surface area contributed by atoms with Crippen molar-refractivity contribution in [3.05, 3.63) is 45.4 Å². The summed E-state index contributed by atoms with van der Waals surface area (Å²) in [4.78, 5) is 11.2. The van der Waals surface area contributed by atoms with Gasteiger partial charge in [-0.25, -0.2) is 5.84 Å². The number of amides is 1. The molecule has 1 aromatic carbocycles. The van der Waals surface area contributed by atoms with Crippen LogP contribution < -0.4 is 16.0 Å². The SMILES string of the molecule is NNC(=O)c1cc(COc2ccccc2I)on1. The highest BCUT2D eigenvalue weighted by atomic mass is 127. The van der Waals surface area contributed by atoms with E-state index in [4.69, 9.17) is 15.1 Å². The number of hydrogen-bond acceptors (Lipinski definition) is 5. The number of carbonyl (C=O) groups is 1. The number of carbonyl (C=O) groups excluding carboxylic acids is 1. The number of halogens is 1. The molecule has 0 radical (unpaired) electrons. The number of nitrogens with zero attached hydrogens (tertiary/aromatic N) is 1. The molecule has 0 aliphatic carbocycles. The van der Waals surface area contributed by atoms with Gasteiger partial charge in [0.25, 0.3) is 5.91 Å². The predicted octanol–water partition coefficient (Wildman–Crippen LogP) is 1.46.